The van der Waals surface area contributed by atoms with E-state index in [1.807, 2.05) is 6.92 Å². The van der Waals surface area contributed by atoms with Crippen LogP contribution in [0.2, 0.25) is 0 Å². The molecule has 1 aliphatic heterocycles. The number of halogens is 1. The topological polar surface area (TPSA) is 54.5 Å². The fourth-order valence-electron chi connectivity index (χ4n) is 1.84. The van der Waals surface area contributed by atoms with Gasteiger partial charge in [0, 0.05) is 24.7 Å². The number of nitrogens with zero attached hydrogens (tertiary/aromatic N) is 1. The molecule has 0 aromatic carbocycles. The van der Waals surface area contributed by atoms with Crippen molar-refractivity contribution in [3.63, 3.8) is 0 Å². The maximum absolute atomic E-state index is 12.2. The molecule has 0 aromatic rings. The predicted octanol–water partition coefficient (Wildman–Crippen LogP) is 1.29. The summed E-state index contributed by atoms with van der Waals surface area (Å²) >= 11 is 6.09. The number of hydrogen-bond donors (Lipinski definition) is 0. The van der Waals surface area contributed by atoms with Gasteiger partial charge in [-0.05, 0) is 26.2 Å². The molecule has 1 heterocycles. The molecule has 1 rings (SSSR count). The van der Waals surface area contributed by atoms with Gasteiger partial charge in [0.15, 0.2) is 9.84 Å². The summed E-state index contributed by atoms with van der Waals surface area (Å²) in [6, 6.07) is 0. The summed E-state index contributed by atoms with van der Waals surface area (Å²) in [7, 11) is -3.41. The highest BCUT2D eigenvalue weighted by Gasteiger charge is 2.42. The van der Waals surface area contributed by atoms with E-state index in [9.17, 15) is 13.2 Å². The predicted molar refractivity (Wildman–Crippen MR) is 68.9 cm³/mol. The van der Waals surface area contributed by atoms with Crippen LogP contribution in [0.1, 0.15) is 27.2 Å². The maximum atomic E-state index is 12.2. The standard InChI is InChI=1S/C11H20ClNO3S/c1-8-7-13(6-5-9(8)12)10(14)11(2,3)17(4,15)16/h8-9H,5-7H2,1-4H3. The summed E-state index contributed by atoms with van der Waals surface area (Å²) in [5.74, 6) is -0.125. The van der Waals surface area contributed by atoms with E-state index >= 15 is 0 Å². The molecule has 1 aliphatic rings. The van der Waals surface area contributed by atoms with Crippen LogP contribution in [0.25, 0.3) is 0 Å². The zero-order valence-corrected chi connectivity index (χ0v) is 12.3. The van der Waals surface area contributed by atoms with Crippen LogP contribution in [0.5, 0.6) is 0 Å². The minimum Gasteiger partial charge on any atom is -0.341 e. The molecule has 0 spiro atoms. The van der Waals surface area contributed by atoms with E-state index in [2.05, 4.69) is 0 Å². The van der Waals surface area contributed by atoms with E-state index < -0.39 is 14.6 Å². The summed E-state index contributed by atoms with van der Waals surface area (Å²) in [6.45, 7) is 5.97. The molecule has 1 saturated heterocycles. The molecule has 4 nitrogen and oxygen atoms in total. The number of likely N-dealkylation sites (tertiary alicyclic amines) is 1. The van der Waals surface area contributed by atoms with Crippen LogP contribution in [-0.2, 0) is 14.6 Å². The number of rotatable bonds is 2. The van der Waals surface area contributed by atoms with Crippen LogP contribution in [0.4, 0.5) is 0 Å². The highest BCUT2D eigenvalue weighted by molar-refractivity contribution is 7.92. The van der Waals surface area contributed by atoms with Gasteiger partial charge in [-0.3, -0.25) is 4.79 Å². The fraction of sp³-hybridized carbons (Fsp3) is 0.909. The lowest BCUT2D eigenvalue weighted by atomic mass is 9.98. The second-order valence-electron chi connectivity index (χ2n) is 5.32. The molecule has 17 heavy (non-hydrogen) atoms. The van der Waals surface area contributed by atoms with Gasteiger partial charge in [-0.25, -0.2) is 8.42 Å². The van der Waals surface area contributed by atoms with Crippen molar-refractivity contribution in [1.82, 2.24) is 4.90 Å². The van der Waals surface area contributed by atoms with E-state index in [1.54, 1.807) is 4.90 Å². The third-order valence-electron chi connectivity index (χ3n) is 3.53. The lowest BCUT2D eigenvalue weighted by Crippen LogP contribution is -2.53. The van der Waals surface area contributed by atoms with Crippen molar-refractivity contribution < 1.29 is 13.2 Å². The largest absolute Gasteiger partial charge is 0.341 e. The van der Waals surface area contributed by atoms with Crippen molar-refractivity contribution in [2.24, 2.45) is 5.92 Å². The maximum Gasteiger partial charge on any atom is 0.243 e. The first-order valence-corrected chi connectivity index (χ1v) is 8.03. The first-order chi connectivity index (χ1) is 7.57. The van der Waals surface area contributed by atoms with Crippen LogP contribution in [0.3, 0.4) is 0 Å². The summed E-state index contributed by atoms with van der Waals surface area (Å²) in [4.78, 5) is 13.8. The molecule has 0 bridgehead atoms. The number of piperidine rings is 1. The Morgan fingerprint density at radius 1 is 1.41 bits per heavy atom. The fourth-order valence-corrected chi connectivity index (χ4v) is 2.46. The van der Waals surface area contributed by atoms with Crippen LogP contribution < -0.4 is 0 Å². The Kier molecular flexibility index (Phi) is 4.14. The van der Waals surface area contributed by atoms with E-state index in [-0.39, 0.29) is 17.2 Å². The zero-order valence-electron chi connectivity index (χ0n) is 10.7. The number of sulfone groups is 1. The normalized spacial score (nSPS) is 27.0. The van der Waals surface area contributed by atoms with Gasteiger partial charge in [-0.15, -0.1) is 11.6 Å². The molecule has 2 atom stereocenters. The number of amides is 1. The van der Waals surface area contributed by atoms with Crippen LogP contribution in [0.15, 0.2) is 0 Å². The zero-order chi connectivity index (χ0) is 13.4. The van der Waals surface area contributed by atoms with Crippen molar-refractivity contribution in [1.29, 1.82) is 0 Å². The molecule has 1 fully saturated rings. The van der Waals surface area contributed by atoms with Gasteiger partial charge >= 0.3 is 0 Å². The van der Waals surface area contributed by atoms with Crippen LogP contribution in [0, 0.1) is 5.92 Å². The molecule has 6 heteroatoms. The lowest BCUT2D eigenvalue weighted by molar-refractivity contribution is -0.134. The molecular weight excluding hydrogens is 262 g/mol. The summed E-state index contributed by atoms with van der Waals surface area (Å²) in [5, 5.41) is 0.0698. The molecule has 0 aliphatic carbocycles. The van der Waals surface area contributed by atoms with Gasteiger partial charge in [0.05, 0.1) is 0 Å². The van der Waals surface area contributed by atoms with E-state index in [4.69, 9.17) is 11.6 Å². The number of hydrogen-bond acceptors (Lipinski definition) is 3. The number of carbonyl (C=O) groups is 1. The minimum absolute atomic E-state index is 0.0698. The van der Waals surface area contributed by atoms with Crippen LogP contribution >= 0.6 is 11.6 Å². The highest BCUT2D eigenvalue weighted by Crippen LogP contribution is 2.26. The van der Waals surface area contributed by atoms with Crippen molar-refractivity contribution in [3.8, 4) is 0 Å². The molecule has 1 amide bonds. The van der Waals surface area contributed by atoms with Gasteiger partial charge in [-0.1, -0.05) is 6.92 Å². The molecule has 0 radical (unpaired) electrons. The second-order valence-corrected chi connectivity index (χ2v) is 8.44. The third kappa shape index (κ3) is 2.94. The van der Waals surface area contributed by atoms with Crippen LogP contribution in [-0.4, -0.2) is 48.7 Å². The first kappa shape index (κ1) is 14.8. The van der Waals surface area contributed by atoms with E-state index in [0.29, 0.717) is 19.5 Å². The Morgan fingerprint density at radius 3 is 2.35 bits per heavy atom. The number of alkyl halides is 1. The Morgan fingerprint density at radius 2 is 1.94 bits per heavy atom. The van der Waals surface area contributed by atoms with Crippen molar-refractivity contribution >= 4 is 27.3 Å². The minimum atomic E-state index is -3.41. The van der Waals surface area contributed by atoms with Gasteiger partial charge in [0.1, 0.15) is 4.75 Å². The molecule has 0 N–H and O–H groups in total. The average Bonchev–Trinajstić information content (AvgIpc) is 2.19. The van der Waals surface area contributed by atoms with Gasteiger partial charge in [0.25, 0.3) is 0 Å². The summed E-state index contributed by atoms with van der Waals surface area (Å²) in [5.41, 5.74) is 0. The smallest absolute Gasteiger partial charge is 0.243 e. The Hall–Kier alpha value is -0.290. The van der Waals surface area contributed by atoms with Gasteiger partial charge in [-0.2, -0.15) is 0 Å². The number of carbonyl (C=O) groups excluding carboxylic acids is 1. The monoisotopic (exact) mass is 281 g/mol. The second kappa shape index (κ2) is 4.76. The first-order valence-electron chi connectivity index (χ1n) is 5.70. The van der Waals surface area contributed by atoms with Crippen molar-refractivity contribution in [3.05, 3.63) is 0 Å². The molecule has 0 saturated carbocycles. The molecular formula is C11H20ClNO3S. The molecule has 2 unspecified atom stereocenters. The third-order valence-corrected chi connectivity index (χ3v) is 6.21. The average molecular weight is 282 g/mol. The Bertz CT molecular complexity index is 405. The van der Waals surface area contributed by atoms with Gasteiger partial charge in [0.2, 0.25) is 5.91 Å². The Labute approximate surface area is 108 Å². The highest BCUT2D eigenvalue weighted by atomic mass is 35.5. The Balaban J connectivity index is 2.85. The lowest BCUT2D eigenvalue weighted by Gasteiger charge is -2.37. The quantitative estimate of drug-likeness (QED) is 0.717. The summed E-state index contributed by atoms with van der Waals surface area (Å²) in [6.07, 6.45) is 1.82. The molecule has 0 aromatic heterocycles. The van der Waals surface area contributed by atoms with E-state index in [1.165, 1.54) is 13.8 Å². The molecule has 100 valence electrons. The van der Waals surface area contributed by atoms with Crippen molar-refractivity contribution in [2.45, 2.75) is 37.3 Å². The SMILES string of the molecule is CC1CN(C(=O)C(C)(C)S(C)(=O)=O)CCC1Cl. The van der Waals surface area contributed by atoms with Gasteiger partial charge < -0.3 is 4.90 Å². The van der Waals surface area contributed by atoms with Crippen molar-refractivity contribution in [2.75, 3.05) is 19.3 Å². The summed E-state index contributed by atoms with van der Waals surface area (Å²) < 4.78 is 21.9. The van der Waals surface area contributed by atoms with E-state index in [0.717, 1.165) is 6.26 Å².